The summed E-state index contributed by atoms with van der Waals surface area (Å²) in [5, 5.41) is 0. The third-order valence-corrected chi connectivity index (χ3v) is 4.90. The molecule has 7 heteroatoms. The van der Waals surface area contributed by atoms with E-state index in [0.29, 0.717) is 19.0 Å². The van der Waals surface area contributed by atoms with Crippen LogP contribution in [-0.2, 0) is 6.42 Å². The lowest BCUT2D eigenvalue weighted by molar-refractivity contribution is 0.0676. The molecule has 0 unspecified atom stereocenters. The van der Waals surface area contributed by atoms with Crippen molar-refractivity contribution in [2.45, 2.75) is 25.7 Å². The van der Waals surface area contributed by atoms with Crippen LogP contribution in [-0.4, -0.2) is 41.0 Å². The third-order valence-electron chi connectivity index (χ3n) is 4.90. The van der Waals surface area contributed by atoms with Gasteiger partial charge in [-0.25, -0.2) is 4.79 Å². The zero-order valence-corrected chi connectivity index (χ0v) is 14.8. The molecule has 0 aliphatic carbocycles. The number of benzene rings is 1. The van der Waals surface area contributed by atoms with Crippen molar-refractivity contribution in [3.8, 4) is 5.75 Å². The van der Waals surface area contributed by atoms with E-state index in [4.69, 9.17) is 4.74 Å². The van der Waals surface area contributed by atoms with Gasteiger partial charge in [0, 0.05) is 13.1 Å². The number of rotatable bonds is 5. The highest BCUT2D eigenvalue weighted by Gasteiger charge is 2.27. The Hall–Kier alpha value is -2.83. The number of methoxy groups -OCH3 is 1. The molecule has 7 nitrogen and oxygen atoms in total. The Balaban J connectivity index is 1.60. The summed E-state index contributed by atoms with van der Waals surface area (Å²) in [6, 6.07) is 10.4. The topological polar surface area (TPSA) is 95.3 Å². The highest BCUT2D eigenvalue weighted by atomic mass is 16.5. The van der Waals surface area contributed by atoms with Gasteiger partial charge in [-0.2, -0.15) is 0 Å². The molecule has 1 fully saturated rings. The highest BCUT2D eigenvalue weighted by Crippen LogP contribution is 2.24. The van der Waals surface area contributed by atoms with Gasteiger partial charge in [0.15, 0.2) is 5.69 Å². The number of nitrogens with zero attached hydrogens (tertiary/aromatic N) is 1. The van der Waals surface area contributed by atoms with Gasteiger partial charge >= 0.3 is 5.69 Å². The molecular weight excluding hydrogens is 334 g/mol. The van der Waals surface area contributed by atoms with E-state index in [9.17, 15) is 14.4 Å². The predicted octanol–water partition coefficient (Wildman–Crippen LogP) is 1.56. The molecule has 138 valence electrons. The van der Waals surface area contributed by atoms with E-state index >= 15 is 0 Å². The quantitative estimate of drug-likeness (QED) is 0.849. The summed E-state index contributed by atoms with van der Waals surface area (Å²) in [6.07, 6.45) is 3.95. The van der Waals surface area contributed by atoms with Gasteiger partial charge in [-0.3, -0.25) is 19.6 Å². The molecule has 0 spiro atoms. The first-order valence-corrected chi connectivity index (χ1v) is 8.82. The molecule has 1 saturated heterocycles. The summed E-state index contributed by atoms with van der Waals surface area (Å²) in [7, 11) is 1.30. The molecule has 2 N–H and O–H groups in total. The van der Waals surface area contributed by atoms with E-state index in [1.807, 2.05) is 18.2 Å². The van der Waals surface area contributed by atoms with E-state index in [1.54, 1.807) is 4.90 Å². The number of carbonyl (C=O) groups is 1. The molecule has 2 heterocycles. The first kappa shape index (κ1) is 18.0. The van der Waals surface area contributed by atoms with Crippen molar-refractivity contribution in [2.75, 3.05) is 20.2 Å². The predicted molar refractivity (Wildman–Crippen MR) is 97.6 cm³/mol. The van der Waals surface area contributed by atoms with Crippen molar-refractivity contribution < 1.29 is 9.53 Å². The molecule has 0 saturated carbocycles. The second kappa shape index (κ2) is 8.03. The Kier molecular flexibility index (Phi) is 5.55. The summed E-state index contributed by atoms with van der Waals surface area (Å²) in [4.78, 5) is 42.1. The van der Waals surface area contributed by atoms with Crippen molar-refractivity contribution in [1.82, 2.24) is 14.9 Å². The largest absolute Gasteiger partial charge is 0.489 e. The Morgan fingerprint density at radius 3 is 2.50 bits per heavy atom. The van der Waals surface area contributed by atoms with Crippen LogP contribution in [0.3, 0.4) is 0 Å². The van der Waals surface area contributed by atoms with Gasteiger partial charge in [0.2, 0.25) is 5.75 Å². The van der Waals surface area contributed by atoms with E-state index in [-0.39, 0.29) is 17.4 Å². The van der Waals surface area contributed by atoms with Crippen LogP contribution >= 0.6 is 0 Å². The lowest BCUT2D eigenvalue weighted by Crippen LogP contribution is -2.41. The lowest BCUT2D eigenvalue weighted by Gasteiger charge is -2.32. The van der Waals surface area contributed by atoms with Crippen molar-refractivity contribution in [3.63, 3.8) is 0 Å². The molecule has 1 aliphatic heterocycles. The summed E-state index contributed by atoms with van der Waals surface area (Å²) in [6.45, 7) is 1.21. The Morgan fingerprint density at radius 2 is 1.85 bits per heavy atom. The van der Waals surface area contributed by atoms with Crippen LogP contribution in [0.5, 0.6) is 5.75 Å². The number of nitrogens with one attached hydrogen (secondary N) is 2. The van der Waals surface area contributed by atoms with E-state index in [1.165, 1.54) is 12.7 Å². The first-order chi connectivity index (χ1) is 12.6. The van der Waals surface area contributed by atoms with Gasteiger partial charge in [-0.1, -0.05) is 30.3 Å². The van der Waals surface area contributed by atoms with Crippen molar-refractivity contribution in [3.05, 3.63) is 62.4 Å². The number of aromatic amines is 2. The van der Waals surface area contributed by atoms with Crippen molar-refractivity contribution in [1.29, 1.82) is 0 Å². The van der Waals surface area contributed by atoms with E-state index in [2.05, 4.69) is 22.1 Å². The number of hydrogen-bond donors (Lipinski definition) is 2. The van der Waals surface area contributed by atoms with Gasteiger partial charge in [0.05, 0.1) is 7.11 Å². The molecule has 1 amide bonds. The SMILES string of the molecule is COc1c(C(=O)N2CCC(CCc3ccccc3)CC2)[nH]c(=O)[nH]c1=O. The summed E-state index contributed by atoms with van der Waals surface area (Å²) < 4.78 is 4.99. The fourth-order valence-corrected chi connectivity index (χ4v) is 3.42. The zero-order chi connectivity index (χ0) is 18.5. The van der Waals surface area contributed by atoms with Crippen LogP contribution < -0.4 is 16.0 Å². The molecule has 2 aromatic rings. The van der Waals surface area contributed by atoms with Crippen LogP contribution in [0.15, 0.2) is 39.9 Å². The van der Waals surface area contributed by atoms with Crippen LogP contribution in [0, 0.1) is 5.92 Å². The zero-order valence-electron chi connectivity index (χ0n) is 14.8. The maximum absolute atomic E-state index is 12.7. The summed E-state index contributed by atoms with van der Waals surface area (Å²) in [5.74, 6) is 0.0479. The Morgan fingerprint density at radius 1 is 1.15 bits per heavy atom. The van der Waals surface area contributed by atoms with E-state index in [0.717, 1.165) is 25.7 Å². The number of hydrogen-bond acceptors (Lipinski definition) is 4. The minimum absolute atomic E-state index is 0.0796. The Labute approximate surface area is 151 Å². The molecule has 26 heavy (non-hydrogen) atoms. The van der Waals surface area contributed by atoms with Crippen LogP contribution in [0.25, 0.3) is 0 Å². The molecule has 1 aromatic heterocycles. The molecule has 0 radical (unpaired) electrons. The molecule has 0 bridgehead atoms. The summed E-state index contributed by atoms with van der Waals surface area (Å²) in [5.41, 5.74) is -0.157. The summed E-state index contributed by atoms with van der Waals surface area (Å²) >= 11 is 0. The average Bonchev–Trinajstić information content (AvgIpc) is 2.66. The van der Waals surface area contributed by atoms with Crippen LogP contribution in [0.4, 0.5) is 0 Å². The lowest BCUT2D eigenvalue weighted by atomic mass is 9.90. The fourth-order valence-electron chi connectivity index (χ4n) is 3.42. The smallest absolute Gasteiger partial charge is 0.326 e. The number of likely N-dealkylation sites (tertiary alicyclic amines) is 1. The molecule has 1 aromatic carbocycles. The van der Waals surface area contributed by atoms with E-state index < -0.39 is 11.2 Å². The average molecular weight is 357 g/mol. The van der Waals surface area contributed by atoms with Gasteiger partial charge in [0.1, 0.15) is 0 Å². The normalized spacial score (nSPS) is 15.0. The molecule has 3 rings (SSSR count). The highest BCUT2D eigenvalue weighted by molar-refractivity contribution is 5.94. The molecule has 0 atom stereocenters. The van der Waals surface area contributed by atoms with Crippen molar-refractivity contribution >= 4 is 5.91 Å². The molecule has 1 aliphatic rings. The second-order valence-electron chi connectivity index (χ2n) is 6.58. The fraction of sp³-hybridized carbons (Fsp3) is 0.421. The van der Waals surface area contributed by atoms with Gasteiger partial charge in [-0.05, 0) is 37.2 Å². The van der Waals surface area contributed by atoms with Gasteiger partial charge < -0.3 is 9.64 Å². The van der Waals surface area contributed by atoms with Crippen LogP contribution in [0.1, 0.15) is 35.3 Å². The maximum Gasteiger partial charge on any atom is 0.326 e. The van der Waals surface area contributed by atoms with Crippen LogP contribution in [0.2, 0.25) is 0 Å². The van der Waals surface area contributed by atoms with Gasteiger partial charge in [-0.15, -0.1) is 0 Å². The second-order valence-corrected chi connectivity index (χ2v) is 6.58. The maximum atomic E-state index is 12.7. The standard InChI is InChI=1S/C19H23N3O4/c1-26-16-15(20-19(25)21-17(16)23)18(24)22-11-9-14(10-12-22)8-7-13-5-3-2-4-6-13/h2-6,14H,7-12H2,1H3,(H2,20,21,23,25). The molecular formula is C19H23N3O4. The Bertz CT molecular complexity index is 864. The van der Waals surface area contributed by atoms with Gasteiger partial charge in [0.25, 0.3) is 11.5 Å². The monoisotopic (exact) mass is 357 g/mol. The van der Waals surface area contributed by atoms with Crippen molar-refractivity contribution in [2.24, 2.45) is 5.92 Å². The number of carbonyl (C=O) groups excluding carboxylic acids is 1. The first-order valence-electron chi connectivity index (χ1n) is 8.82. The third kappa shape index (κ3) is 4.04. The number of amides is 1. The number of ether oxygens (including phenoxy) is 1. The minimum atomic E-state index is -0.711. The number of aryl methyl sites for hydroxylation is 1. The minimum Gasteiger partial charge on any atom is -0.489 e. The number of piperidine rings is 1. The number of H-pyrrole nitrogens is 2. The number of aromatic nitrogens is 2.